The molecule has 1 aliphatic heterocycles. The minimum atomic E-state index is -0.206. The van der Waals surface area contributed by atoms with E-state index in [1.54, 1.807) is 6.20 Å². The summed E-state index contributed by atoms with van der Waals surface area (Å²) in [6, 6.07) is 15.8. The Hall–Kier alpha value is -3.45. The molecule has 0 atom stereocenters. The Morgan fingerprint density at radius 3 is 2.79 bits per heavy atom. The molecular weight excluding hydrogens is 366 g/mol. The Labute approximate surface area is 167 Å². The van der Waals surface area contributed by atoms with E-state index in [4.69, 9.17) is 4.74 Å². The number of carbonyl (C=O) groups excluding carboxylic acids is 1. The van der Waals surface area contributed by atoms with Crippen molar-refractivity contribution < 1.29 is 9.53 Å². The summed E-state index contributed by atoms with van der Waals surface area (Å²) in [6.07, 6.45) is 3.71. The molecule has 1 N–H and O–H groups in total. The molecule has 0 bridgehead atoms. The summed E-state index contributed by atoms with van der Waals surface area (Å²) in [5, 5.41) is 5.14. The second-order valence-electron chi connectivity index (χ2n) is 6.98. The van der Waals surface area contributed by atoms with Crippen LogP contribution in [0.5, 0.6) is 0 Å². The highest BCUT2D eigenvalue weighted by molar-refractivity contribution is 6.00. The first kappa shape index (κ1) is 17.6. The molecule has 7 heteroatoms. The zero-order valence-corrected chi connectivity index (χ0v) is 15.9. The van der Waals surface area contributed by atoms with Crippen molar-refractivity contribution in [1.29, 1.82) is 0 Å². The van der Waals surface area contributed by atoms with E-state index in [0.717, 1.165) is 41.0 Å². The van der Waals surface area contributed by atoms with Gasteiger partial charge in [-0.2, -0.15) is 0 Å². The summed E-state index contributed by atoms with van der Waals surface area (Å²) in [4.78, 5) is 24.3. The molecule has 1 fully saturated rings. The Morgan fingerprint density at radius 2 is 1.90 bits per heavy atom. The fourth-order valence-electron chi connectivity index (χ4n) is 3.75. The van der Waals surface area contributed by atoms with Crippen molar-refractivity contribution in [1.82, 2.24) is 19.7 Å². The summed E-state index contributed by atoms with van der Waals surface area (Å²) < 4.78 is 7.41. The number of nitrogens with zero attached hydrogens (tertiary/aromatic N) is 4. The second kappa shape index (κ2) is 7.52. The second-order valence-corrected chi connectivity index (χ2v) is 6.98. The minimum absolute atomic E-state index is 0.206. The molecule has 4 aromatic rings. The number of morpholine rings is 1. The summed E-state index contributed by atoms with van der Waals surface area (Å²) in [5.74, 6) is 0.570. The SMILES string of the molecule is O=C(NCc1nccc2ccccc12)c1nc(N2CCOCC2)n2ccccc12. The first-order valence-corrected chi connectivity index (χ1v) is 9.72. The van der Waals surface area contributed by atoms with Gasteiger partial charge in [0.05, 0.1) is 31.0 Å². The predicted molar refractivity (Wildman–Crippen MR) is 111 cm³/mol. The molecule has 0 unspecified atom stereocenters. The summed E-state index contributed by atoms with van der Waals surface area (Å²) in [5.41, 5.74) is 2.05. The average Bonchev–Trinajstić information content (AvgIpc) is 3.18. The zero-order valence-electron chi connectivity index (χ0n) is 15.9. The molecule has 29 heavy (non-hydrogen) atoms. The molecule has 0 radical (unpaired) electrons. The van der Waals surface area contributed by atoms with E-state index in [2.05, 4.69) is 20.2 Å². The van der Waals surface area contributed by atoms with Gasteiger partial charge in [-0.25, -0.2) is 4.98 Å². The monoisotopic (exact) mass is 387 g/mol. The van der Waals surface area contributed by atoms with Gasteiger partial charge in [0.25, 0.3) is 5.91 Å². The van der Waals surface area contributed by atoms with E-state index < -0.39 is 0 Å². The first-order valence-electron chi connectivity index (χ1n) is 9.72. The molecule has 1 saturated heterocycles. The number of hydrogen-bond donors (Lipinski definition) is 1. The maximum absolute atomic E-state index is 13.0. The maximum atomic E-state index is 13.0. The highest BCUT2D eigenvalue weighted by Crippen LogP contribution is 2.21. The Balaban J connectivity index is 1.43. The number of anilines is 1. The largest absolute Gasteiger partial charge is 0.378 e. The lowest BCUT2D eigenvalue weighted by atomic mass is 10.1. The van der Waals surface area contributed by atoms with E-state index >= 15 is 0 Å². The van der Waals surface area contributed by atoms with E-state index in [9.17, 15) is 4.79 Å². The number of amides is 1. The number of carbonyl (C=O) groups is 1. The van der Waals surface area contributed by atoms with Gasteiger partial charge in [-0.3, -0.25) is 14.2 Å². The number of aromatic nitrogens is 3. The average molecular weight is 387 g/mol. The zero-order chi connectivity index (χ0) is 19.6. The molecule has 0 saturated carbocycles. The van der Waals surface area contributed by atoms with Crippen LogP contribution in [0.4, 0.5) is 5.95 Å². The third kappa shape index (κ3) is 3.30. The normalized spacial score (nSPS) is 14.4. The number of imidazole rings is 1. The minimum Gasteiger partial charge on any atom is -0.378 e. The van der Waals surface area contributed by atoms with Crippen LogP contribution >= 0.6 is 0 Å². The quantitative estimate of drug-likeness (QED) is 0.583. The van der Waals surface area contributed by atoms with Crippen LogP contribution in [0.15, 0.2) is 60.9 Å². The predicted octanol–water partition coefficient (Wildman–Crippen LogP) is 2.65. The van der Waals surface area contributed by atoms with Gasteiger partial charge in [0.1, 0.15) is 0 Å². The fourth-order valence-corrected chi connectivity index (χ4v) is 3.75. The molecule has 1 aliphatic rings. The Morgan fingerprint density at radius 1 is 1.07 bits per heavy atom. The van der Waals surface area contributed by atoms with Crippen LogP contribution < -0.4 is 10.2 Å². The Bertz CT molecular complexity index is 1170. The van der Waals surface area contributed by atoms with Crippen molar-refractivity contribution in [3.05, 3.63) is 72.3 Å². The van der Waals surface area contributed by atoms with E-state index in [0.29, 0.717) is 25.5 Å². The molecule has 7 nitrogen and oxygen atoms in total. The van der Waals surface area contributed by atoms with Crippen molar-refractivity contribution >= 4 is 28.1 Å². The molecule has 0 aliphatic carbocycles. The lowest BCUT2D eigenvalue weighted by molar-refractivity contribution is 0.0948. The number of pyridine rings is 2. The first-order chi connectivity index (χ1) is 14.3. The van der Waals surface area contributed by atoms with Crippen molar-refractivity contribution in [2.75, 3.05) is 31.2 Å². The molecule has 5 rings (SSSR count). The summed E-state index contributed by atoms with van der Waals surface area (Å²) in [7, 11) is 0. The standard InChI is InChI=1S/C22H21N5O2/c28-21(24-15-18-17-6-2-1-5-16(17)8-9-23-18)20-19-7-3-4-10-27(19)22(25-20)26-11-13-29-14-12-26/h1-10H,11-15H2,(H,24,28). The third-order valence-corrected chi connectivity index (χ3v) is 5.21. The molecular formula is C22H21N5O2. The Kier molecular flexibility index (Phi) is 4.57. The van der Waals surface area contributed by atoms with Crippen LogP contribution in [-0.2, 0) is 11.3 Å². The topological polar surface area (TPSA) is 71.8 Å². The van der Waals surface area contributed by atoms with E-state index in [1.165, 1.54) is 0 Å². The van der Waals surface area contributed by atoms with Crippen LogP contribution in [0, 0.1) is 0 Å². The number of nitrogens with one attached hydrogen (secondary N) is 1. The smallest absolute Gasteiger partial charge is 0.272 e. The van der Waals surface area contributed by atoms with Crippen LogP contribution in [0.1, 0.15) is 16.2 Å². The number of benzene rings is 1. The maximum Gasteiger partial charge on any atom is 0.272 e. The van der Waals surface area contributed by atoms with Crippen LogP contribution in [-0.4, -0.2) is 46.6 Å². The van der Waals surface area contributed by atoms with Crippen molar-refractivity contribution in [2.45, 2.75) is 6.54 Å². The van der Waals surface area contributed by atoms with Gasteiger partial charge < -0.3 is 15.0 Å². The summed E-state index contributed by atoms with van der Waals surface area (Å²) >= 11 is 0. The highest BCUT2D eigenvalue weighted by Gasteiger charge is 2.22. The lowest BCUT2D eigenvalue weighted by Crippen LogP contribution is -2.37. The van der Waals surface area contributed by atoms with E-state index in [-0.39, 0.29) is 5.91 Å². The van der Waals surface area contributed by atoms with Gasteiger partial charge in [0, 0.05) is 30.9 Å². The van der Waals surface area contributed by atoms with Crippen molar-refractivity contribution in [3.63, 3.8) is 0 Å². The number of hydrogen-bond acceptors (Lipinski definition) is 5. The van der Waals surface area contributed by atoms with Crippen molar-refractivity contribution in [3.8, 4) is 0 Å². The van der Waals surface area contributed by atoms with Gasteiger partial charge in [-0.1, -0.05) is 30.3 Å². The fraction of sp³-hybridized carbons (Fsp3) is 0.227. The van der Waals surface area contributed by atoms with Gasteiger partial charge in [0.15, 0.2) is 5.69 Å². The number of ether oxygens (including phenoxy) is 1. The van der Waals surface area contributed by atoms with Crippen molar-refractivity contribution in [2.24, 2.45) is 0 Å². The van der Waals surface area contributed by atoms with Crippen LogP contribution in [0.3, 0.4) is 0 Å². The van der Waals surface area contributed by atoms with Gasteiger partial charge in [-0.15, -0.1) is 0 Å². The van der Waals surface area contributed by atoms with Gasteiger partial charge in [-0.05, 0) is 23.6 Å². The van der Waals surface area contributed by atoms with Gasteiger partial charge in [0.2, 0.25) is 5.95 Å². The molecule has 1 amide bonds. The third-order valence-electron chi connectivity index (χ3n) is 5.21. The van der Waals surface area contributed by atoms with E-state index in [1.807, 2.05) is 59.1 Å². The number of fused-ring (bicyclic) bond motifs is 2. The van der Waals surface area contributed by atoms with Crippen LogP contribution in [0.25, 0.3) is 16.3 Å². The summed E-state index contributed by atoms with van der Waals surface area (Å²) in [6.45, 7) is 3.19. The molecule has 3 aromatic heterocycles. The molecule has 146 valence electrons. The molecule has 4 heterocycles. The van der Waals surface area contributed by atoms with Gasteiger partial charge >= 0.3 is 0 Å². The molecule has 1 aromatic carbocycles. The molecule has 0 spiro atoms. The number of rotatable bonds is 4. The van der Waals surface area contributed by atoms with Crippen LogP contribution in [0.2, 0.25) is 0 Å². The highest BCUT2D eigenvalue weighted by atomic mass is 16.5. The lowest BCUT2D eigenvalue weighted by Gasteiger charge is -2.27.